The van der Waals surface area contributed by atoms with Gasteiger partial charge in [-0.2, -0.15) is 0 Å². The van der Waals surface area contributed by atoms with Crippen molar-refractivity contribution >= 4 is 5.97 Å². The van der Waals surface area contributed by atoms with Crippen LogP contribution in [0.3, 0.4) is 0 Å². The molecule has 0 bridgehead atoms. The van der Waals surface area contributed by atoms with Crippen LogP contribution in [0.1, 0.15) is 5.56 Å². The van der Waals surface area contributed by atoms with E-state index in [9.17, 15) is 9.18 Å². The van der Waals surface area contributed by atoms with E-state index in [1.165, 1.54) is 0 Å². The summed E-state index contributed by atoms with van der Waals surface area (Å²) in [5, 5.41) is 26.5. The Balaban J connectivity index is 2.92. The lowest BCUT2D eigenvalue weighted by Crippen LogP contribution is -2.32. The molecule has 0 spiro atoms. The number of aromatic hydroxyl groups is 2. The summed E-state index contributed by atoms with van der Waals surface area (Å²) in [5.41, 5.74) is 5.43. The zero-order valence-corrected chi connectivity index (χ0v) is 7.64. The van der Waals surface area contributed by atoms with E-state index >= 15 is 0 Å². The molecule has 1 unspecified atom stereocenters. The lowest BCUT2D eigenvalue weighted by Gasteiger charge is -2.07. The molecule has 1 atom stereocenters. The first-order chi connectivity index (χ1) is 6.91. The number of benzene rings is 1. The van der Waals surface area contributed by atoms with Crippen molar-refractivity contribution in [2.45, 2.75) is 12.5 Å². The topological polar surface area (TPSA) is 104 Å². The highest BCUT2D eigenvalue weighted by Crippen LogP contribution is 2.29. The predicted molar refractivity (Wildman–Crippen MR) is 49.0 cm³/mol. The van der Waals surface area contributed by atoms with Gasteiger partial charge in [0.15, 0.2) is 17.3 Å². The van der Waals surface area contributed by atoms with Gasteiger partial charge < -0.3 is 21.1 Å². The Labute approximate surface area is 84.6 Å². The molecular weight excluding hydrogens is 205 g/mol. The van der Waals surface area contributed by atoms with Crippen molar-refractivity contribution in [3.05, 3.63) is 23.5 Å². The fourth-order valence-corrected chi connectivity index (χ4v) is 1.10. The molecule has 0 heterocycles. The standard InChI is InChI=1S/C9H10FNO4/c10-5-1-4(2-6(11)9(14)15)3-7(12)8(5)13/h1,3,6,12-13H,2,11H2,(H,14,15). The summed E-state index contributed by atoms with van der Waals surface area (Å²) in [6.07, 6.45) is -0.125. The number of carboxylic acid groups (broad SMARTS) is 1. The summed E-state index contributed by atoms with van der Waals surface area (Å²) < 4.78 is 12.9. The number of hydrogen-bond donors (Lipinski definition) is 4. The van der Waals surface area contributed by atoms with Crippen LogP contribution in [0.15, 0.2) is 12.1 Å². The number of carbonyl (C=O) groups is 1. The minimum Gasteiger partial charge on any atom is -0.504 e. The van der Waals surface area contributed by atoms with Crippen LogP contribution in [-0.4, -0.2) is 27.3 Å². The van der Waals surface area contributed by atoms with E-state index in [-0.39, 0.29) is 12.0 Å². The Morgan fingerprint density at radius 1 is 1.47 bits per heavy atom. The van der Waals surface area contributed by atoms with Gasteiger partial charge in [0.25, 0.3) is 0 Å². The Bertz CT molecular complexity index is 371. The molecule has 6 heteroatoms. The van der Waals surface area contributed by atoms with Crippen LogP contribution in [0.5, 0.6) is 11.5 Å². The maximum absolute atomic E-state index is 12.9. The molecule has 0 aromatic heterocycles. The van der Waals surface area contributed by atoms with Crippen molar-refractivity contribution in [2.75, 3.05) is 0 Å². The van der Waals surface area contributed by atoms with Gasteiger partial charge in [-0.05, 0) is 24.1 Å². The zero-order valence-electron chi connectivity index (χ0n) is 7.64. The first-order valence-electron chi connectivity index (χ1n) is 4.10. The molecule has 15 heavy (non-hydrogen) atoms. The fraction of sp³-hybridized carbons (Fsp3) is 0.222. The summed E-state index contributed by atoms with van der Waals surface area (Å²) in [6.45, 7) is 0. The maximum Gasteiger partial charge on any atom is 0.320 e. The van der Waals surface area contributed by atoms with Crippen LogP contribution in [0, 0.1) is 5.82 Å². The molecule has 0 radical (unpaired) electrons. The van der Waals surface area contributed by atoms with Gasteiger partial charge in [-0.25, -0.2) is 4.39 Å². The molecule has 1 rings (SSSR count). The SMILES string of the molecule is NC(Cc1cc(O)c(O)c(F)c1)C(=O)O. The van der Waals surface area contributed by atoms with E-state index in [0.29, 0.717) is 0 Å². The monoisotopic (exact) mass is 215 g/mol. The van der Waals surface area contributed by atoms with Gasteiger partial charge in [-0.1, -0.05) is 0 Å². The van der Waals surface area contributed by atoms with Crippen molar-refractivity contribution in [3.8, 4) is 11.5 Å². The molecule has 0 fully saturated rings. The fourth-order valence-electron chi connectivity index (χ4n) is 1.10. The van der Waals surface area contributed by atoms with E-state index in [0.717, 1.165) is 12.1 Å². The Hall–Kier alpha value is -1.82. The minimum absolute atomic E-state index is 0.125. The molecule has 1 aromatic rings. The molecule has 5 nitrogen and oxygen atoms in total. The smallest absolute Gasteiger partial charge is 0.320 e. The third-order valence-electron chi connectivity index (χ3n) is 1.88. The summed E-state index contributed by atoms with van der Waals surface area (Å²) in [5.74, 6) is -3.73. The number of phenolic OH excluding ortho intramolecular Hbond substituents is 2. The van der Waals surface area contributed by atoms with E-state index in [4.69, 9.17) is 21.1 Å². The number of halogens is 1. The highest BCUT2D eigenvalue weighted by Gasteiger charge is 2.15. The van der Waals surface area contributed by atoms with Gasteiger partial charge in [-0.3, -0.25) is 4.79 Å². The summed E-state index contributed by atoms with van der Waals surface area (Å²) in [6, 6.07) is 0.826. The second kappa shape index (κ2) is 4.14. The van der Waals surface area contributed by atoms with Gasteiger partial charge in [0.2, 0.25) is 0 Å². The second-order valence-corrected chi connectivity index (χ2v) is 3.09. The summed E-state index contributed by atoms with van der Waals surface area (Å²) in [7, 11) is 0. The van der Waals surface area contributed by atoms with E-state index in [1.54, 1.807) is 0 Å². The molecule has 0 saturated carbocycles. The third kappa shape index (κ3) is 2.57. The van der Waals surface area contributed by atoms with Crippen LogP contribution in [0.4, 0.5) is 4.39 Å². The van der Waals surface area contributed by atoms with E-state index in [2.05, 4.69) is 0 Å². The van der Waals surface area contributed by atoms with Crippen molar-refractivity contribution in [2.24, 2.45) is 5.73 Å². The lowest BCUT2D eigenvalue weighted by atomic mass is 10.1. The van der Waals surface area contributed by atoms with Crippen molar-refractivity contribution < 1.29 is 24.5 Å². The zero-order chi connectivity index (χ0) is 11.6. The Morgan fingerprint density at radius 2 is 2.07 bits per heavy atom. The highest BCUT2D eigenvalue weighted by atomic mass is 19.1. The molecule has 0 aliphatic carbocycles. The van der Waals surface area contributed by atoms with Gasteiger partial charge in [0.1, 0.15) is 6.04 Å². The van der Waals surface area contributed by atoms with Crippen LogP contribution in [0.2, 0.25) is 0 Å². The first-order valence-corrected chi connectivity index (χ1v) is 4.10. The van der Waals surface area contributed by atoms with Gasteiger partial charge in [-0.15, -0.1) is 0 Å². The number of phenols is 2. The average molecular weight is 215 g/mol. The maximum atomic E-state index is 12.9. The molecule has 5 N–H and O–H groups in total. The van der Waals surface area contributed by atoms with Gasteiger partial charge in [0.05, 0.1) is 0 Å². The van der Waals surface area contributed by atoms with Crippen LogP contribution >= 0.6 is 0 Å². The Kier molecular flexibility index (Phi) is 3.11. The van der Waals surface area contributed by atoms with Gasteiger partial charge >= 0.3 is 5.97 Å². The first kappa shape index (κ1) is 11.3. The summed E-state index contributed by atoms with van der Waals surface area (Å²) in [4.78, 5) is 10.4. The number of rotatable bonds is 3. The normalized spacial score (nSPS) is 12.4. The average Bonchev–Trinajstić information content (AvgIpc) is 2.13. The van der Waals surface area contributed by atoms with Crippen LogP contribution < -0.4 is 5.73 Å². The van der Waals surface area contributed by atoms with E-state index in [1.807, 2.05) is 0 Å². The van der Waals surface area contributed by atoms with Crippen LogP contribution in [-0.2, 0) is 11.2 Å². The predicted octanol–water partition coefficient (Wildman–Crippen LogP) is 0.191. The van der Waals surface area contributed by atoms with Crippen molar-refractivity contribution in [3.63, 3.8) is 0 Å². The molecular formula is C9H10FNO4. The number of carboxylic acids is 1. The second-order valence-electron chi connectivity index (χ2n) is 3.09. The number of hydrogen-bond acceptors (Lipinski definition) is 4. The molecule has 0 aliphatic rings. The lowest BCUT2D eigenvalue weighted by molar-refractivity contribution is -0.138. The minimum atomic E-state index is -1.22. The van der Waals surface area contributed by atoms with Crippen LogP contribution in [0.25, 0.3) is 0 Å². The van der Waals surface area contributed by atoms with Gasteiger partial charge in [0, 0.05) is 0 Å². The number of aliphatic carboxylic acids is 1. The van der Waals surface area contributed by atoms with Crippen molar-refractivity contribution in [1.82, 2.24) is 0 Å². The van der Waals surface area contributed by atoms with E-state index < -0.39 is 29.3 Å². The molecule has 82 valence electrons. The molecule has 1 aromatic carbocycles. The third-order valence-corrected chi connectivity index (χ3v) is 1.88. The largest absolute Gasteiger partial charge is 0.504 e. The summed E-state index contributed by atoms with van der Waals surface area (Å²) >= 11 is 0. The molecule has 0 amide bonds. The quantitative estimate of drug-likeness (QED) is 0.539. The highest BCUT2D eigenvalue weighted by molar-refractivity contribution is 5.73. The Morgan fingerprint density at radius 3 is 2.53 bits per heavy atom. The number of nitrogens with two attached hydrogens (primary N) is 1. The van der Waals surface area contributed by atoms with Crippen molar-refractivity contribution in [1.29, 1.82) is 0 Å². The molecule has 0 aliphatic heterocycles. The molecule has 0 saturated heterocycles.